The number of anilines is 6. The molecule has 0 bridgehead atoms. The molecular weight excluding hydrogens is 949 g/mol. The van der Waals surface area contributed by atoms with Crippen molar-refractivity contribution in [3.05, 3.63) is 120 Å². The molecule has 8 atom stereocenters. The normalized spacial score (nSPS) is 15.6. The molecule has 0 fully saturated rings. The molecule has 6 nitrogen and oxygen atoms in total. The van der Waals surface area contributed by atoms with Gasteiger partial charge in [-0.25, -0.2) is 4.58 Å². The number of allylic oxidation sites excluding steroid dienone is 4. The maximum Gasteiger partial charge on any atom is 0.212 e. The van der Waals surface area contributed by atoms with Gasteiger partial charge in [0.25, 0.3) is 0 Å². The van der Waals surface area contributed by atoms with Gasteiger partial charge in [0.1, 0.15) is 0 Å². The van der Waals surface area contributed by atoms with Crippen LogP contribution in [0.15, 0.2) is 109 Å². The Labute approximate surface area is 479 Å². The zero-order valence-electron chi connectivity index (χ0n) is 53.0. The van der Waals surface area contributed by atoms with Gasteiger partial charge in [-0.15, -0.1) is 0 Å². The van der Waals surface area contributed by atoms with E-state index in [2.05, 4.69) is 263 Å². The van der Waals surface area contributed by atoms with Crippen molar-refractivity contribution in [1.82, 2.24) is 4.58 Å². The summed E-state index contributed by atoms with van der Waals surface area (Å²) in [5, 5.41) is 0. The molecule has 0 saturated heterocycles. The maximum atomic E-state index is 2.71. The first-order chi connectivity index (χ1) is 37.5. The third-order valence-corrected chi connectivity index (χ3v) is 17.1. The van der Waals surface area contributed by atoms with Gasteiger partial charge in [-0.05, 0) is 192 Å². The molecular formula is C72H112N6+2. The Morgan fingerprint density at radius 3 is 0.949 bits per heavy atom. The molecule has 6 heteroatoms. The summed E-state index contributed by atoms with van der Waals surface area (Å²) in [5.74, 6) is 0. The second-order valence-electron chi connectivity index (χ2n) is 23.9. The van der Waals surface area contributed by atoms with Gasteiger partial charge < -0.3 is 19.6 Å². The van der Waals surface area contributed by atoms with Crippen molar-refractivity contribution in [2.24, 2.45) is 0 Å². The Morgan fingerprint density at radius 2 is 0.628 bits per heavy atom. The summed E-state index contributed by atoms with van der Waals surface area (Å²) < 4.78 is 5.15. The average molecular weight is 1060 g/mol. The summed E-state index contributed by atoms with van der Waals surface area (Å²) in [6, 6.07) is 37.1. The first kappa shape index (κ1) is 63.7. The van der Waals surface area contributed by atoms with Crippen molar-refractivity contribution in [2.75, 3.05) is 19.6 Å². The van der Waals surface area contributed by atoms with Crippen LogP contribution in [0.1, 0.15) is 225 Å². The molecule has 1 aliphatic carbocycles. The second kappa shape index (κ2) is 31.6. The van der Waals surface area contributed by atoms with Crippen LogP contribution >= 0.6 is 0 Å². The van der Waals surface area contributed by atoms with Crippen molar-refractivity contribution < 1.29 is 4.58 Å². The highest BCUT2D eigenvalue weighted by molar-refractivity contribution is 6.18. The van der Waals surface area contributed by atoms with Crippen LogP contribution in [0.2, 0.25) is 0 Å². The molecule has 1 aliphatic rings. The van der Waals surface area contributed by atoms with Crippen LogP contribution in [0.4, 0.5) is 45.5 Å². The van der Waals surface area contributed by atoms with E-state index in [1.807, 2.05) is 0 Å². The molecule has 0 heterocycles. The third-order valence-electron chi connectivity index (χ3n) is 17.1. The van der Waals surface area contributed by atoms with Gasteiger partial charge >= 0.3 is 0 Å². The van der Waals surface area contributed by atoms with Crippen molar-refractivity contribution in [3.63, 3.8) is 0 Å². The van der Waals surface area contributed by atoms with Crippen LogP contribution in [0, 0.1) is 13.8 Å². The van der Waals surface area contributed by atoms with Gasteiger partial charge in [-0.3, -0.25) is 0 Å². The van der Waals surface area contributed by atoms with E-state index in [9.17, 15) is 0 Å². The predicted molar refractivity (Wildman–Crippen MR) is 349 cm³/mol. The summed E-state index contributed by atoms with van der Waals surface area (Å²) in [6.45, 7) is 42.5. The lowest BCUT2D eigenvalue weighted by Crippen LogP contribution is -2.41. The van der Waals surface area contributed by atoms with Crippen LogP contribution in [-0.2, 0) is 0 Å². The van der Waals surface area contributed by atoms with Crippen molar-refractivity contribution in [3.8, 4) is 0 Å². The third kappa shape index (κ3) is 16.1. The van der Waals surface area contributed by atoms with E-state index in [0.717, 1.165) is 22.8 Å². The Balaban J connectivity index is 1.74. The highest BCUT2D eigenvalue weighted by Gasteiger charge is 2.30. The number of aryl methyl sites for hydroxylation is 2. The number of rotatable bonds is 32. The second-order valence-corrected chi connectivity index (χ2v) is 23.9. The molecule has 78 heavy (non-hydrogen) atoms. The number of benzene rings is 4. The summed E-state index contributed by atoms with van der Waals surface area (Å²) >= 11 is 0. The fourth-order valence-electron chi connectivity index (χ4n) is 13.5. The lowest BCUT2D eigenvalue weighted by molar-refractivity contribution is -0.595. The predicted octanol–water partition coefficient (Wildman–Crippen LogP) is 20.6. The fourth-order valence-corrected chi connectivity index (χ4v) is 13.5. The summed E-state index contributed by atoms with van der Waals surface area (Å²) in [6.07, 6.45) is 28.3. The highest BCUT2D eigenvalue weighted by Crippen LogP contribution is 2.41. The minimum Gasteiger partial charge on any atom is -0.366 e. The molecule has 0 radical (unpaired) electrons. The maximum absolute atomic E-state index is 2.71. The summed E-state index contributed by atoms with van der Waals surface area (Å²) in [5.41, 5.74) is 14.9. The summed E-state index contributed by atoms with van der Waals surface area (Å²) in [4.78, 5) is 10.6. The fraction of sp³-hybridized carbons (Fsp3) is 0.583. The Kier molecular flexibility index (Phi) is 25.8. The average Bonchev–Trinajstić information content (AvgIpc) is 3.40. The van der Waals surface area contributed by atoms with Gasteiger partial charge in [-0.2, -0.15) is 4.58 Å². The van der Waals surface area contributed by atoms with Crippen molar-refractivity contribution in [1.29, 1.82) is 0 Å². The molecule has 4 aromatic carbocycles. The van der Waals surface area contributed by atoms with E-state index in [1.54, 1.807) is 0 Å². The molecule has 0 aromatic heterocycles. The van der Waals surface area contributed by atoms with Crippen LogP contribution in [-0.4, -0.2) is 64.3 Å². The molecule has 4 aromatic rings. The standard InChI is InChI=1S/C72H112N6/c1-19-27-55(11)73(56(12)28-20-2)63-35-39-65(40-36-63)77(66-41-37-64(38-42-66)74(57(13)29-21-3)58(14)30-22-4)67-43-45-68(46-44-67)78(69-47-49-71(53(9)51-69)75(59(15)31-23-5)60(16)32-24-6)70-48-50-72(54(10)52-70)76(61(17)33-25-7)62(18)34-26-8/h35-52,55-62H,19-34H2,1-18H3/q+2. The smallest absolute Gasteiger partial charge is 0.212 e. The quantitative estimate of drug-likeness (QED) is 0.0358. The van der Waals surface area contributed by atoms with Crippen molar-refractivity contribution >= 4 is 56.9 Å². The monoisotopic (exact) mass is 1060 g/mol. The minimum atomic E-state index is 0.463. The lowest BCUT2D eigenvalue weighted by Gasteiger charge is -2.39. The Morgan fingerprint density at radius 1 is 0.333 bits per heavy atom. The molecule has 5 rings (SSSR count). The van der Waals surface area contributed by atoms with Gasteiger partial charge in [-0.1, -0.05) is 93.9 Å². The van der Waals surface area contributed by atoms with Crippen LogP contribution in [0.3, 0.4) is 0 Å². The SMILES string of the molecule is CCCC(C)N(c1ccc([N+](=C2C=CC(=[N+](C(C)CCC)C(C)CCC)C=C2)c2ccc(N(c3ccc(N(C(C)CCC)C(C)CCC)c(C)c3)c3ccc(N(C(C)CCC)C(C)CCC)c(C)c3)cc2)cc1)C(C)CCC. The van der Waals surface area contributed by atoms with Gasteiger partial charge in [0.2, 0.25) is 22.8 Å². The molecule has 428 valence electrons. The number of hydrogen-bond acceptors (Lipinski definition) is 4. The van der Waals surface area contributed by atoms with Crippen LogP contribution in [0.25, 0.3) is 0 Å². The van der Waals surface area contributed by atoms with E-state index < -0.39 is 0 Å². The van der Waals surface area contributed by atoms with Gasteiger partial charge in [0.05, 0.1) is 0 Å². The largest absolute Gasteiger partial charge is 0.366 e. The van der Waals surface area contributed by atoms with Crippen molar-refractivity contribution in [2.45, 2.75) is 276 Å². The zero-order valence-corrected chi connectivity index (χ0v) is 53.0. The Bertz CT molecular complexity index is 2400. The molecule has 0 spiro atoms. The zero-order chi connectivity index (χ0) is 57.1. The van der Waals surface area contributed by atoms with E-state index in [-0.39, 0.29) is 0 Å². The number of hydrogen-bond donors (Lipinski definition) is 0. The molecule has 0 N–H and O–H groups in total. The molecule has 0 aliphatic heterocycles. The molecule has 8 unspecified atom stereocenters. The first-order valence-electron chi connectivity index (χ1n) is 31.8. The van der Waals surface area contributed by atoms with Crippen LogP contribution < -0.4 is 24.2 Å². The minimum absolute atomic E-state index is 0.463. The van der Waals surface area contributed by atoms with E-state index in [1.165, 1.54) is 148 Å². The van der Waals surface area contributed by atoms with E-state index in [0.29, 0.717) is 48.3 Å². The Hall–Kier alpha value is -5.10. The number of nitrogens with zero attached hydrogens (tertiary/aromatic N) is 6. The van der Waals surface area contributed by atoms with E-state index in [4.69, 9.17) is 0 Å². The first-order valence-corrected chi connectivity index (χ1v) is 31.8. The molecule has 0 amide bonds. The van der Waals surface area contributed by atoms with Crippen LogP contribution in [0.5, 0.6) is 0 Å². The summed E-state index contributed by atoms with van der Waals surface area (Å²) in [7, 11) is 0. The highest BCUT2D eigenvalue weighted by atomic mass is 15.2. The topological polar surface area (TPSA) is 19.0 Å². The molecule has 0 saturated carbocycles. The lowest BCUT2D eigenvalue weighted by atomic mass is 10.0. The van der Waals surface area contributed by atoms with Gasteiger partial charge in [0, 0.05) is 132 Å². The van der Waals surface area contributed by atoms with E-state index >= 15 is 0 Å². The van der Waals surface area contributed by atoms with Gasteiger partial charge in [0.15, 0.2) is 12.1 Å².